The lowest BCUT2D eigenvalue weighted by Gasteiger charge is -2.22. The van der Waals surface area contributed by atoms with Gasteiger partial charge in [0, 0.05) is 0 Å². The van der Waals surface area contributed by atoms with E-state index in [0.29, 0.717) is 12.5 Å². The number of nitrogens with zero attached hydrogens (tertiary/aromatic N) is 1. The molecule has 3 fully saturated rings. The van der Waals surface area contributed by atoms with E-state index < -0.39 is 0 Å². The average molecular weight is 210 g/mol. The van der Waals surface area contributed by atoms with E-state index in [2.05, 4.69) is 5.32 Å². The minimum absolute atomic E-state index is 0.0376. The Balaban J connectivity index is 1.68. The average Bonchev–Trinajstić information content (AvgIpc) is 2.94. The second-order valence-electron chi connectivity index (χ2n) is 4.87. The van der Waals surface area contributed by atoms with Crippen molar-refractivity contribution in [1.29, 1.82) is 0 Å². The van der Waals surface area contributed by atoms with Crippen molar-refractivity contribution in [2.75, 3.05) is 19.7 Å². The van der Waals surface area contributed by atoms with Crippen molar-refractivity contribution >= 4 is 5.91 Å². The van der Waals surface area contributed by atoms with Crippen LogP contribution < -0.4 is 5.32 Å². The molecular formula is C11H18N2O2. The Hall–Kier alpha value is -0.610. The Labute approximate surface area is 89.9 Å². The maximum absolute atomic E-state index is 12.1. The van der Waals surface area contributed by atoms with Gasteiger partial charge >= 0.3 is 0 Å². The highest BCUT2D eigenvalue weighted by atomic mass is 16.7. The standard InChI is InChI=1S/C11H18N2O2/c14-11(13-5-2-6-15-13)10-9-4-1-3-8(9)7-12-10/h8-10,12H,1-7H2. The predicted molar refractivity (Wildman–Crippen MR) is 54.9 cm³/mol. The largest absolute Gasteiger partial charge is 0.305 e. The van der Waals surface area contributed by atoms with Gasteiger partial charge in [-0.05, 0) is 37.6 Å². The lowest BCUT2D eigenvalue weighted by atomic mass is 9.93. The third-order valence-corrected chi connectivity index (χ3v) is 4.01. The fourth-order valence-electron chi connectivity index (χ4n) is 3.23. The van der Waals surface area contributed by atoms with Crippen molar-refractivity contribution in [2.24, 2.45) is 11.8 Å². The Morgan fingerprint density at radius 3 is 3.07 bits per heavy atom. The third kappa shape index (κ3) is 1.56. The summed E-state index contributed by atoms with van der Waals surface area (Å²) in [6.07, 6.45) is 4.78. The number of amides is 1. The van der Waals surface area contributed by atoms with Gasteiger partial charge in [-0.15, -0.1) is 0 Å². The van der Waals surface area contributed by atoms with Gasteiger partial charge < -0.3 is 5.32 Å². The number of hydrogen-bond acceptors (Lipinski definition) is 3. The van der Waals surface area contributed by atoms with E-state index in [1.807, 2.05) is 0 Å². The quantitative estimate of drug-likeness (QED) is 0.686. The summed E-state index contributed by atoms with van der Waals surface area (Å²) in [5, 5.41) is 4.93. The zero-order chi connectivity index (χ0) is 10.3. The van der Waals surface area contributed by atoms with Crippen LogP contribution in [0.5, 0.6) is 0 Å². The molecule has 3 rings (SSSR count). The van der Waals surface area contributed by atoms with E-state index in [1.165, 1.54) is 19.3 Å². The van der Waals surface area contributed by atoms with Crippen molar-refractivity contribution in [3.63, 3.8) is 0 Å². The minimum atomic E-state index is 0.0376. The molecular weight excluding hydrogens is 192 g/mol. The van der Waals surface area contributed by atoms with Gasteiger partial charge in [0.15, 0.2) is 0 Å². The molecule has 3 aliphatic rings. The van der Waals surface area contributed by atoms with Crippen LogP contribution in [0.3, 0.4) is 0 Å². The van der Waals surface area contributed by atoms with Crippen LogP contribution in [-0.4, -0.2) is 36.7 Å². The highest BCUT2D eigenvalue weighted by Crippen LogP contribution is 2.38. The molecule has 1 saturated carbocycles. The van der Waals surface area contributed by atoms with Gasteiger partial charge in [-0.2, -0.15) is 0 Å². The molecule has 0 spiro atoms. The first-order valence-electron chi connectivity index (χ1n) is 6.04. The van der Waals surface area contributed by atoms with E-state index in [9.17, 15) is 4.79 Å². The number of fused-ring (bicyclic) bond motifs is 1. The maximum atomic E-state index is 12.1. The van der Waals surface area contributed by atoms with Crippen LogP contribution in [0.25, 0.3) is 0 Å². The molecule has 0 aromatic rings. The van der Waals surface area contributed by atoms with Crippen molar-refractivity contribution in [2.45, 2.75) is 31.7 Å². The highest BCUT2D eigenvalue weighted by Gasteiger charge is 2.44. The molecule has 2 heterocycles. The monoisotopic (exact) mass is 210 g/mol. The highest BCUT2D eigenvalue weighted by molar-refractivity contribution is 5.82. The van der Waals surface area contributed by atoms with Crippen LogP contribution in [0.2, 0.25) is 0 Å². The summed E-state index contributed by atoms with van der Waals surface area (Å²) in [6.45, 7) is 2.50. The molecule has 1 N–H and O–H groups in total. The molecule has 3 unspecified atom stereocenters. The fraction of sp³-hybridized carbons (Fsp3) is 0.909. The van der Waals surface area contributed by atoms with Crippen molar-refractivity contribution in [3.8, 4) is 0 Å². The number of hydrogen-bond donors (Lipinski definition) is 1. The maximum Gasteiger partial charge on any atom is 0.263 e. The second-order valence-corrected chi connectivity index (χ2v) is 4.87. The van der Waals surface area contributed by atoms with Gasteiger partial charge in [0.1, 0.15) is 0 Å². The molecule has 84 valence electrons. The second kappa shape index (κ2) is 3.76. The summed E-state index contributed by atoms with van der Waals surface area (Å²) in [5.74, 6) is 1.48. The van der Waals surface area contributed by atoms with Crippen LogP contribution in [0.15, 0.2) is 0 Å². The Bertz CT molecular complexity index is 263. The normalized spacial score (nSPS) is 39.7. The first kappa shape index (κ1) is 9.60. The summed E-state index contributed by atoms with van der Waals surface area (Å²) >= 11 is 0. The molecule has 0 aromatic carbocycles. The Kier molecular flexibility index (Phi) is 2.41. The van der Waals surface area contributed by atoms with E-state index in [0.717, 1.165) is 25.4 Å². The zero-order valence-corrected chi connectivity index (χ0v) is 8.95. The Morgan fingerprint density at radius 1 is 1.33 bits per heavy atom. The zero-order valence-electron chi connectivity index (χ0n) is 8.95. The predicted octanol–water partition coefficient (Wildman–Crippen LogP) is 0.538. The number of carbonyl (C=O) groups is 1. The van der Waals surface area contributed by atoms with E-state index in [-0.39, 0.29) is 11.9 Å². The smallest absolute Gasteiger partial charge is 0.263 e. The topological polar surface area (TPSA) is 41.6 Å². The minimum Gasteiger partial charge on any atom is -0.305 e. The lowest BCUT2D eigenvalue weighted by molar-refractivity contribution is -0.171. The molecule has 2 saturated heterocycles. The van der Waals surface area contributed by atoms with Gasteiger partial charge in [0.25, 0.3) is 5.91 Å². The van der Waals surface area contributed by atoms with Gasteiger partial charge in [0.05, 0.1) is 19.2 Å². The molecule has 15 heavy (non-hydrogen) atoms. The number of hydroxylamine groups is 2. The molecule has 0 bridgehead atoms. The third-order valence-electron chi connectivity index (χ3n) is 4.01. The molecule has 4 heteroatoms. The molecule has 3 atom stereocenters. The number of rotatable bonds is 1. The molecule has 2 aliphatic heterocycles. The number of carbonyl (C=O) groups excluding carboxylic acids is 1. The van der Waals surface area contributed by atoms with Crippen LogP contribution >= 0.6 is 0 Å². The fourth-order valence-corrected chi connectivity index (χ4v) is 3.23. The van der Waals surface area contributed by atoms with Crippen LogP contribution in [0.4, 0.5) is 0 Å². The van der Waals surface area contributed by atoms with Gasteiger partial charge in [-0.25, -0.2) is 5.06 Å². The van der Waals surface area contributed by atoms with Crippen molar-refractivity contribution in [1.82, 2.24) is 10.4 Å². The summed E-state index contributed by atoms with van der Waals surface area (Å²) in [4.78, 5) is 17.4. The molecule has 1 amide bonds. The van der Waals surface area contributed by atoms with Crippen molar-refractivity contribution < 1.29 is 9.63 Å². The first-order chi connectivity index (χ1) is 7.36. The summed E-state index contributed by atoms with van der Waals surface area (Å²) in [6, 6.07) is 0.0376. The summed E-state index contributed by atoms with van der Waals surface area (Å²) in [7, 11) is 0. The van der Waals surface area contributed by atoms with Crippen LogP contribution in [0, 0.1) is 11.8 Å². The summed E-state index contributed by atoms with van der Waals surface area (Å²) < 4.78 is 0. The molecule has 0 radical (unpaired) electrons. The molecule has 0 aromatic heterocycles. The van der Waals surface area contributed by atoms with E-state index in [1.54, 1.807) is 5.06 Å². The SMILES string of the molecule is O=C(C1NCC2CCCC21)N1CCCO1. The Morgan fingerprint density at radius 2 is 2.27 bits per heavy atom. The van der Waals surface area contributed by atoms with Crippen molar-refractivity contribution in [3.05, 3.63) is 0 Å². The van der Waals surface area contributed by atoms with E-state index >= 15 is 0 Å². The van der Waals surface area contributed by atoms with Gasteiger partial charge in [-0.1, -0.05) is 6.42 Å². The van der Waals surface area contributed by atoms with Crippen LogP contribution in [0.1, 0.15) is 25.7 Å². The van der Waals surface area contributed by atoms with Gasteiger partial charge in [0.2, 0.25) is 0 Å². The molecule has 1 aliphatic carbocycles. The summed E-state index contributed by atoms with van der Waals surface area (Å²) in [5.41, 5.74) is 0. The van der Waals surface area contributed by atoms with Crippen LogP contribution in [-0.2, 0) is 9.63 Å². The molecule has 4 nitrogen and oxygen atoms in total. The number of nitrogens with one attached hydrogen (secondary N) is 1. The first-order valence-corrected chi connectivity index (χ1v) is 6.04. The van der Waals surface area contributed by atoms with Gasteiger partial charge in [-0.3, -0.25) is 9.63 Å². The van der Waals surface area contributed by atoms with E-state index in [4.69, 9.17) is 4.84 Å². The lowest BCUT2D eigenvalue weighted by Crippen LogP contribution is -2.44.